The Labute approximate surface area is 183 Å². The number of nitrogens with zero attached hydrogens (tertiary/aromatic N) is 2. The number of anilines is 1. The van der Waals surface area contributed by atoms with Crippen molar-refractivity contribution in [3.63, 3.8) is 0 Å². The van der Waals surface area contributed by atoms with Crippen LogP contribution in [-0.4, -0.2) is 57.8 Å². The van der Waals surface area contributed by atoms with Gasteiger partial charge in [-0.05, 0) is 42.4 Å². The summed E-state index contributed by atoms with van der Waals surface area (Å²) in [6.07, 6.45) is 0.255. The first-order valence-electron chi connectivity index (χ1n) is 9.54. The van der Waals surface area contributed by atoms with E-state index in [1.54, 1.807) is 7.11 Å². The van der Waals surface area contributed by atoms with E-state index >= 15 is 0 Å². The number of benzene rings is 2. The standard InChI is InChI=1S/C21H28ClN3O4S/c1-5-25(15-16-6-8-17(29-4)9-7-16)13-12-21(26)23-20-14-18(10-11-19(20)22)30(27,28)24(2)3/h6-11,14H,5,12-13,15H2,1-4H3,(H,23,26). The van der Waals surface area contributed by atoms with Gasteiger partial charge in [-0.2, -0.15) is 0 Å². The minimum atomic E-state index is -3.62. The first-order chi connectivity index (χ1) is 14.2. The van der Waals surface area contributed by atoms with Gasteiger partial charge in [-0.1, -0.05) is 30.7 Å². The molecule has 0 aliphatic rings. The van der Waals surface area contributed by atoms with Crippen LogP contribution >= 0.6 is 11.6 Å². The first-order valence-corrected chi connectivity index (χ1v) is 11.4. The van der Waals surface area contributed by atoms with E-state index in [4.69, 9.17) is 16.3 Å². The fourth-order valence-corrected chi connectivity index (χ4v) is 3.88. The Morgan fingerprint density at radius 3 is 2.37 bits per heavy atom. The lowest BCUT2D eigenvalue weighted by atomic mass is 10.2. The molecule has 0 fully saturated rings. The molecule has 0 aliphatic carbocycles. The van der Waals surface area contributed by atoms with E-state index in [1.165, 1.54) is 32.3 Å². The fraction of sp³-hybridized carbons (Fsp3) is 0.381. The Hall–Kier alpha value is -2.13. The second kappa shape index (κ2) is 10.8. The average Bonchev–Trinajstić information content (AvgIpc) is 2.72. The molecule has 0 saturated carbocycles. The Balaban J connectivity index is 1.99. The molecule has 0 spiro atoms. The van der Waals surface area contributed by atoms with E-state index in [-0.39, 0.29) is 27.9 Å². The maximum atomic E-state index is 12.4. The number of amides is 1. The highest BCUT2D eigenvalue weighted by atomic mass is 35.5. The topological polar surface area (TPSA) is 79.0 Å². The molecule has 0 saturated heterocycles. The average molecular weight is 454 g/mol. The molecule has 2 aromatic rings. The van der Waals surface area contributed by atoms with Crippen molar-refractivity contribution in [2.75, 3.05) is 39.6 Å². The first kappa shape index (κ1) is 24.1. The summed E-state index contributed by atoms with van der Waals surface area (Å²) in [5.41, 5.74) is 1.41. The van der Waals surface area contributed by atoms with Gasteiger partial charge in [0.15, 0.2) is 0 Å². The zero-order valence-electron chi connectivity index (χ0n) is 17.7. The zero-order valence-corrected chi connectivity index (χ0v) is 19.3. The largest absolute Gasteiger partial charge is 0.497 e. The van der Waals surface area contributed by atoms with Crippen molar-refractivity contribution in [1.29, 1.82) is 0 Å². The predicted octanol–water partition coefficient (Wildman–Crippen LogP) is 3.45. The molecule has 1 N–H and O–H groups in total. The molecule has 2 rings (SSSR count). The third-order valence-corrected chi connectivity index (χ3v) is 6.80. The monoisotopic (exact) mass is 453 g/mol. The van der Waals surface area contributed by atoms with Gasteiger partial charge in [-0.15, -0.1) is 0 Å². The number of carbonyl (C=O) groups excluding carboxylic acids is 1. The number of methoxy groups -OCH3 is 1. The van der Waals surface area contributed by atoms with Gasteiger partial charge in [0.2, 0.25) is 15.9 Å². The van der Waals surface area contributed by atoms with Crippen LogP contribution in [0.3, 0.4) is 0 Å². The smallest absolute Gasteiger partial charge is 0.242 e. The van der Waals surface area contributed by atoms with Crippen molar-refractivity contribution < 1.29 is 17.9 Å². The van der Waals surface area contributed by atoms with E-state index in [0.29, 0.717) is 13.1 Å². The Kier molecular flexibility index (Phi) is 8.66. The molecule has 9 heteroatoms. The van der Waals surface area contributed by atoms with Gasteiger partial charge in [-0.3, -0.25) is 9.69 Å². The number of hydrogen-bond acceptors (Lipinski definition) is 5. The van der Waals surface area contributed by atoms with Crippen molar-refractivity contribution in [3.8, 4) is 5.75 Å². The quantitative estimate of drug-likeness (QED) is 0.596. The fourth-order valence-electron chi connectivity index (χ4n) is 2.78. The van der Waals surface area contributed by atoms with Crippen LogP contribution < -0.4 is 10.1 Å². The van der Waals surface area contributed by atoms with Crippen molar-refractivity contribution in [2.24, 2.45) is 0 Å². The summed E-state index contributed by atoms with van der Waals surface area (Å²) in [6, 6.07) is 12.1. The molecule has 0 aliphatic heterocycles. The zero-order chi connectivity index (χ0) is 22.3. The third kappa shape index (κ3) is 6.43. The van der Waals surface area contributed by atoms with Crippen LogP contribution in [-0.2, 0) is 21.4 Å². The van der Waals surface area contributed by atoms with Crippen molar-refractivity contribution in [2.45, 2.75) is 24.8 Å². The van der Waals surface area contributed by atoms with Crippen LogP contribution in [0.2, 0.25) is 5.02 Å². The second-order valence-corrected chi connectivity index (χ2v) is 9.50. The van der Waals surface area contributed by atoms with E-state index in [1.807, 2.05) is 31.2 Å². The Morgan fingerprint density at radius 1 is 1.13 bits per heavy atom. The highest BCUT2D eigenvalue weighted by Crippen LogP contribution is 2.26. The molecule has 30 heavy (non-hydrogen) atoms. The van der Waals surface area contributed by atoms with E-state index in [0.717, 1.165) is 22.2 Å². The summed E-state index contributed by atoms with van der Waals surface area (Å²) >= 11 is 6.15. The van der Waals surface area contributed by atoms with E-state index in [9.17, 15) is 13.2 Å². The Morgan fingerprint density at radius 2 is 1.80 bits per heavy atom. The minimum Gasteiger partial charge on any atom is -0.497 e. The van der Waals surface area contributed by atoms with Crippen molar-refractivity contribution in [3.05, 3.63) is 53.1 Å². The van der Waals surface area contributed by atoms with Crippen LogP contribution in [0.1, 0.15) is 18.9 Å². The van der Waals surface area contributed by atoms with Gasteiger partial charge in [0.1, 0.15) is 5.75 Å². The molecule has 2 aromatic carbocycles. The van der Waals surface area contributed by atoms with E-state index in [2.05, 4.69) is 10.2 Å². The normalized spacial score (nSPS) is 11.7. The number of ether oxygens (including phenoxy) is 1. The highest BCUT2D eigenvalue weighted by Gasteiger charge is 2.19. The summed E-state index contributed by atoms with van der Waals surface area (Å²) in [6.45, 7) is 4.09. The van der Waals surface area contributed by atoms with E-state index < -0.39 is 10.0 Å². The number of sulfonamides is 1. The van der Waals surface area contributed by atoms with Gasteiger partial charge in [0.05, 0.1) is 22.7 Å². The molecule has 0 bridgehead atoms. The summed E-state index contributed by atoms with van der Waals surface area (Å²) in [4.78, 5) is 14.7. The maximum Gasteiger partial charge on any atom is 0.242 e. The summed E-state index contributed by atoms with van der Waals surface area (Å²) < 4.78 is 30.9. The molecule has 0 aromatic heterocycles. The molecule has 1 amide bonds. The lowest BCUT2D eigenvalue weighted by Crippen LogP contribution is -2.27. The number of hydrogen-bond donors (Lipinski definition) is 1. The van der Waals surface area contributed by atoms with Crippen LogP contribution in [0.15, 0.2) is 47.4 Å². The number of carbonyl (C=O) groups is 1. The minimum absolute atomic E-state index is 0.0712. The van der Waals surface area contributed by atoms with Crippen molar-refractivity contribution >= 4 is 33.2 Å². The third-order valence-electron chi connectivity index (χ3n) is 4.66. The van der Waals surface area contributed by atoms with Gasteiger partial charge < -0.3 is 10.1 Å². The van der Waals surface area contributed by atoms with Crippen LogP contribution in [0.4, 0.5) is 5.69 Å². The van der Waals surface area contributed by atoms with Crippen LogP contribution in [0, 0.1) is 0 Å². The molecule has 0 heterocycles. The van der Waals surface area contributed by atoms with Gasteiger partial charge in [0.25, 0.3) is 0 Å². The molecule has 7 nitrogen and oxygen atoms in total. The number of halogens is 1. The summed E-state index contributed by atoms with van der Waals surface area (Å²) in [7, 11) is 0.911. The molecule has 164 valence electrons. The number of rotatable bonds is 10. The summed E-state index contributed by atoms with van der Waals surface area (Å²) in [5, 5.41) is 3.01. The van der Waals surface area contributed by atoms with Gasteiger partial charge in [-0.25, -0.2) is 12.7 Å². The molecular weight excluding hydrogens is 426 g/mol. The van der Waals surface area contributed by atoms with Crippen molar-refractivity contribution in [1.82, 2.24) is 9.21 Å². The summed E-state index contributed by atoms with van der Waals surface area (Å²) in [5.74, 6) is 0.570. The van der Waals surface area contributed by atoms with Crippen LogP contribution in [0.5, 0.6) is 5.75 Å². The predicted molar refractivity (Wildman–Crippen MR) is 120 cm³/mol. The number of nitrogens with one attached hydrogen (secondary N) is 1. The lowest BCUT2D eigenvalue weighted by molar-refractivity contribution is -0.116. The second-order valence-electron chi connectivity index (χ2n) is 6.94. The Bertz CT molecular complexity index is 963. The molecule has 0 unspecified atom stereocenters. The SMILES string of the molecule is CCN(CCC(=O)Nc1cc(S(=O)(=O)N(C)C)ccc1Cl)Cc1ccc(OC)cc1. The van der Waals surface area contributed by atoms with Gasteiger partial charge >= 0.3 is 0 Å². The highest BCUT2D eigenvalue weighted by molar-refractivity contribution is 7.89. The van der Waals surface area contributed by atoms with Gasteiger partial charge in [0, 0.05) is 33.6 Å². The molecule has 0 atom stereocenters. The molecule has 0 radical (unpaired) electrons. The maximum absolute atomic E-state index is 12.4. The molecular formula is C21H28ClN3O4S. The van der Waals surface area contributed by atoms with Crippen LogP contribution in [0.25, 0.3) is 0 Å². The lowest BCUT2D eigenvalue weighted by Gasteiger charge is -2.20.